The summed E-state index contributed by atoms with van der Waals surface area (Å²) < 4.78 is 5.47. The number of carbonyl (C=O) groups excluding carboxylic acids is 1. The van der Waals surface area contributed by atoms with E-state index in [-0.39, 0.29) is 6.10 Å². The van der Waals surface area contributed by atoms with Gasteiger partial charge in [-0.25, -0.2) is 9.78 Å². The maximum Gasteiger partial charge on any atom is 0.315 e. The van der Waals surface area contributed by atoms with Crippen molar-refractivity contribution in [3.63, 3.8) is 0 Å². The first-order valence-electron chi connectivity index (χ1n) is 4.38. The lowest BCUT2D eigenvalue weighted by atomic mass is 10.2. The van der Waals surface area contributed by atoms with Crippen LogP contribution in [0.3, 0.4) is 0 Å². The highest BCUT2D eigenvalue weighted by atomic mass is 16.5. The Balaban J connectivity index is 1.82. The third kappa shape index (κ3) is 1.76. The number of urea groups is 1. The second-order valence-corrected chi connectivity index (χ2v) is 3.15. The fourth-order valence-corrected chi connectivity index (χ4v) is 1.28. The number of aromatic nitrogens is 1. The Kier molecular flexibility index (Phi) is 2.22. The Hall–Kier alpha value is -1.78. The van der Waals surface area contributed by atoms with Crippen LogP contribution in [0.2, 0.25) is 0 Å². The third-order valence-electron chi connectivity index (χ3n) is 2.08. The van der Waals surface area contributed by atoms with Crippen LogP contribution in [-0.4, -0.2) is 35.1 Å². The number of amides is 2. The molecular formula is C9H11N3O2. The monoisotopic (exact) mass is 193 g/mol. The normalized spacial score (nSPS) is 16.1. The molecule has 0 atom stereocenters. The molecular weight excluding hydrogens is 182 g/mol. The molecule has 2 amide bonds. The van der Waals surface area contributed by atoms with Crippen LogP contribution in [0.15, 0.2) is 24.4 Å². The van der Waals surface area contributed by atoms with E-state index < -0.39 is 6.03 Å². The maximum atomic E-state index is 10.7. The number of rotatable bonds is 2. The summed E-state index contributed by atoms with van der Waals surface area (Å²) in [5, 5.41) is 0. The summed E-state index contributed by atoms with van der Waals surface area (Å²) in [5.74, 6) is 0.585. The number of hydrogen-bond acceptors (Lipinski definition) is 3. The number of primary amides is 1. The van der Waals surface area contributed by atoms with Gasteiger partial charge in [0.05, 0.1) is 13.1 Å². The first-order valence-corrected chi connectivity index (χ1v) is 4.38. The average Bonchev–Trinajstić information content (AvgIpc) is 2.12. The molecule has 1 aromatic heterocycles. The van der Waals surface area contributed by atoms with Crippen LogP contribution in [0.25, 0.3) is 0 Å². The van der Waals surface area contributed by atoms with Crippen LogP contribution in [0.4, 0.5) is 4.79 Å². The molecule has 1 aliphatic rings. The molecule has 0 spiro atoms. The largest absolute Gasteiger partial charge is 0.471 e. The summed E-state index contributed by atoms with van der Waals surface area (Å²) in [5.41, 5.74) is 5.07. The van der Waals surface area contributed by atoms with E-state index in [1.807, 2.05) is 12.1 Å². The van der Waals surface area contributed by atoms with Gasteiger partial charge in [-0.1, -0.05) is 6.07 Å². The summed E-state index contributed by atoms with van der Waals surface area (Å²) in [7, 11) is 0. The van der Waals surface area contributed by atoms with Crippen LogP contribution in [0.1, 0.15) is 0 Å². The molecule has 1 saturated heterocycles. The minimum absolute atomic E-state index is 0.0254. The zero-order valence-electron chi connectivity index (χ0n) is 7.59. The molecule has 0 bridgehead atoms. The van der Waals surface area contributed by atoms with E-state index in [0.717, 1.165) is 0 Å². The van der Waals surface area contributed by atoms with Crippen molar-refractivity contribution < 1.29 is 9.53 Å². The van der Waals surface area contributed by atoms with Gasteiger partial charge in [-0.15, -0.1) is 0 Å². The Bertz CT molecular complexity index is 322. The van der Waals surface area contributed by atoms with Crippen molar-refractivity contribution in [2.45, 2.75) is 6.10 Å². The van der Waals surface area contributed by atoms with Crippen molar-refractivity contribution in [3.05, 3.63) is 24.4 Å². The first kappa shape index (κ1) is 8.80. The van der Waals surface area contributed by atoms with Gasteiger partial charge in [-0.2, -0.15) is 0 Å². The predicted octanol–water partition coefficient (Wildman–Crippen LogP) is 0.223. The van der Waals surface area contributed by atoms with Gasteiger partial charge in [0.1, 0.15) is 6.10 Å². The minimum Gasteiger partial charge on any atom is -0.471 e. The van der Waals surface area contributed by atoms with Crippen LogP contribution in [0, 0.1) is 0 Å². The predicted molar refractivity (Wildman–Crippen MR) is 49.8 cm³/mol. The van der Waals surface area contributed by atoms with E-state index in [1.54, 1.807) is 12.3 Å². The Morgan fingerprint density at radius 2 is 2.36 bits per heavy atom. The van der Waals surface area contributed by atoms with Crippen LogP contribution in [0.5, 0.6) is 5.88 Å². The lowest BCUT2D eigenvalue weighted by Gasteiger charge is -2.37. The average molecular weight is 193 g/mol. The summed E-state index contributed by atoms with van der Waals surface area (Å²) in [6.07, 6.45) is 1.69. The van der Waals surface area contributed by atoms with Crippen molar-refractivity contribution in [2.75, 3.05) is 13.1 Å². The van der Waals surface area contributed by atoms with Gasteiger partial charge in [-0.05, 0) is 6.07 Å². The molecule has 5 nitrogen and oxygen atoms in total. The number of likely N-dealkylation sites (tertiary alicyclic amines) is 1. The number of nitrogens with zero attached hydrogens (tertiary/aromatic N) is 2. The first-order chi connectivity index (χ1) is 6.75. The third-order valence-corrected chi connectivity index (χ3v) is 2.08. The molecule has 2 rings (SSSR count). The number of nitrogens with two attached hydrogens (primary N) is 1. The molecule has 5 heteroatoms. The molecule has 74 valence electrons. The van der Waals surface area contributed by atoms with Gasteiger partial charge in [0, 0.05) is 12.3 Å². The molecule has 1 aromatic rings. The number of carbonyl (C=O) groups is 1. The summed E-state index contributed by atoms with van der Waals surface area (Å²) in [6.45, 7) is 1.10. The van der Waals surface area contributed by atoms with E-state index in [1.165, 1.54) is 4.90 Å². The van der Waals surface area contributed by atoms with Gasteiger partial charge in [0.2, 0.25) is 5.88 Å². The lowest BCUT2D eigenvalue weighted by molar-refractivity contribution is 0.0445. The van der Waals surface area contributed by atoms with E-state index >= 15 is 0 Å². The second-order valence-electron chi connectivity index (χ2n) is 3.15. The highest BCUT2D eigenvalue weighted by Gasteiger charge is 2.30. The van der Waals surface area contributed by atoms with Gasteiger partial charge >= 0.3 is 6.03 Å². The van der Waals surface area contributed by atoms with Crippen molar-refractivity contribution in [1.29, 1.82) is 0 Å². The number of pyridine rings is 1. The molecule has 1 fully saturated rings. The SMILES string of the molecule is NC(=O)N1CC(Oc2ccccn2)C1. The summed E-state index contributed by atoms with van der Waals surface area (Å²) >= 11 is 0. The fourth-order valence-electron chi connectivity index (χ4n) is 1.28. The highest BCUT2D eigenvalue weighted by Crippen LogP contribution is 2.14. The smallest absolute Gasteiger partial charge is 0.315 e. The molecule has 2 N–H and O–H groups in total. The van der Waals surface area contributed by atoms with Crippen molar-refractivity contribution in [1.82, 2.24) is 9.88 Å². The highest BCUT2D eigenvalue weighted by molar-refractivity contribution is 5.73. The van der Waals surface area contributed by atoms with E-state index in [9.17, 15) is 4.79 Å². The van der Waals surface area contributed by atoms with Gasteiger partial charge < -0.3 is 15.4 Å². The van der Waals surface area contributed by atoms with Crippen molar-refractivity contribution >= 4 is 6.03 Å². The van der Waals surface area contributed by atoms with Gasteiger partial charge in [-0.3, -0.25) is 0 Å². The topological polar surface area (TPSA) is 68.5 Å². The van der Waals surface area contributed by atoms with Gasteiger partial charge in [0.15, 0.2) is 0 Å². The molecule has 0 saturated carbocycles. The van der Waals surface area contributed by atoms with Crippen molar-refractivity contribution in [3.8, 4) is 5.88 Å². The van der Waals surface area contributed by atoms with Crippen LogP contribution < -0.4 is 10.5 Å². The Morgan fingerprint density at radius 3 is 2.93 bits per heavy atom. The Morgan fingerprint density at radius 1 is 1.57 bits per heavy atom. The van der Waals surface area contributed by atoms with E-state index in [0.29, 0.717) is 19.0 Å². The lowest BCUT2D eigenvalue weighted by Crippen LogP contribution is -2.57. The molecule has 0 aromatic carbocycles. The molecule has 14 heavy (non-hydrogen) atoms. The molecule has 0 aliphatic carbocycles. The zero-order chi connectivity index (χ0) is 9.97. The fraction of sp³-hybridized carbons (Fsp3) is 0.333. The van der Waals surface area contributed by atoms with Crippen LogP contribution in [-0.2, 0) is 0 Å². The quantitative estimate of drug-likeness (QED) is 0.730. The number of hydrogen-bond donors (Lipinski definition) is 1. The second kappa shape index (κ2) is 3.53. The number of ether oxygens (including phenoxy) is 1. The zero-order valence-corrected chi connectivity index (χ0v) is 7.59. The molecule has 1 aliphatic heterocycles. The Labute approximate surface area is 81.5 Å². The maximum absolute atomic E-state index is 10.7. The van der Waals surface area contributed by atoms with Gasteiger partial charge in [0.25, 0.3) is 0 Å². The standard InChI is InChI=1S/C9H11N3O2/c10-9(13)12-5-7(6-12)14-8-3-1-2-4-11-8/h1-4,7H,5-6H2,(H2,10,13). The molecule has 0 unspecified atom stereocenters. The summed E-state index contributed by atoms with van der Waals surface area (Å²) in [6, 6.07) is 5.06. The minimum atomic E-state index is -0.397. The van der Waals surface area contributed by atoms with Crippen LogP contribution >= 0.6 is 0 Å². The van der Waals surface area contributed by atoms with E-state index in [2.05, 4.69) is 4.98 Å². The van der Waals surface area contributed by atoms with Crippen molar-refractivity contribution in [2.24, 2.45) is 5.73 Å². The molecule has 0 radical (unpaired) electrons. The summed E-state index contributed by atoms with van der Waals surface area (Å²) in [4.78, 5) is 16.2. The molecule has 2 heterocycles. The van der Waals surface area contributed by atoms with E-state index in [4.69, 9.17) is 10.5 Å².